The van der Waals surface area contributed by atoms with Gasteiger partial charge in [-0.1, -0.05) is 0 Å². The Morgan fingerprint density at radius 2 is 2.00 bits per heavy atom. The van der Waals surface area contributed by atoms with Crippen LogP contribution < -0.4 is 11.1 Å². The number of hydrogen-bond donors (Lipinski definition) is 1. The van der Waals surface area contributed by atoms with Gasteiger partial charge in [0.15, 0.2) is 0 Å². The summed E-state index contributed by atoms with van der Waals surface area (Å²) in [7, 11) is 1.49. The highest BCUT2D eigenvalue weighted by atomic mass is 16.4. The summed E-state index contributed by atoms with van der Waals surface area (Å²) >= 11 is 0. The van der Waals surface area contributed by atoms with Crippen LogP contribution in [-0.2, 0) is 13.6 Å². The van der Waals surface area contributed by atoms with Crippen LogP contribution in [0.2, 0.25) is 0 Å². The molecular formula is C12H11N3O4. The maximum Gasteiger partial charge on any atom is 0.337 e. The maximum absolute atomic E-state index is 11.7. The van der Waals surface area contributed by atoms with Gasteiger partial charge in [0, 0.05) is 25.6 Å². The van der Waals surface area contributed by atoms with Gasteiger partial charge in [-0.05, 0) is 12.1 Å². The fraction of sp³-hybridized carbons (Fsp3) is 0.167. The average Bonchev–Trinajstić information content (AvgIpc) is 2.40. The van der Waals surface area contributed by atoms with Crippen LogP contribution in [0.25, 0.3) is 0 Å². The molecule has 0 aromatic carbocycles. The Morgan fingerprint density at radius 1 is 1.26 bits per heavy atom. The zero-order valence-corrected chi connectivity index (χ0v) is 10.1. The molecule has 0 bridgehead atoms. The highest BCUT2D eigenvalue weighted by Gasteiger charge is 2.06. The van der Waals surface area contributed by atoms with Gasteiger partial charge in [0.1, 0.15) is 0 Å². The molecule has 0 amide bonds. The van der Waals surface area contributed by atoms with Gasteiger partial charge in [0.25, 0.3) is 0 Å². The second kappa shape index (κ2) is 4.89. The highest BCUT2D eigenvalue weighted by Crippen LogP contribution is 2.01. The largest absolute Gasteiger partial charge is 0.478 e. The van der Waals surface area contributed by atoms with Crippen LogP contribution in [-0.4, -0.2) is 25.2 Å². The third-order valence-electron chi connectivity index (χ3n) is 2.64. The molecule has 2 heterocycles. The van der Waals surface area contributed by atoms with Crippen molar-refractivity contribution in [3.8, 4) is 0 Å². The topological polar surface area (TPSA) is 94.2 Å². The minimum absolute atomic E-state index is 0.0695. The normalized spacial score (nSPS) is 10.4. The first-order valence-corrected chi connectivity index (χ1v) is 5.43. The van der Waals surface area contributed by atoms with Crippen LogP contribution in [0.15, 0.2) is 40.3 Å². The Bertz CT molecular complexity index is 728. The van der Waals surface area contributed by atoms with Gasteiger partial charge in [-0.3, -0.25) is 14.6 Å². The van der Waals surface area contributed by atoms with Crippen LogP contribution in [0.1, 0.15) is 16.1 Å². The highest BCUT2D eigenvalue weighted by molar-refractivity contribution is 5.87. The molecule has 0 aliphatic rings. The molecule has 98 valence electrons. The molecule has 19 heavy (non-hydrogen) atoms. The molecule has 0 saturated heterocycles. The number of carbonyl (C=O) groups is 1. The van der Waals surface area contributed by atoms with Crippen LogP contribution >= 0.6 is 0 Å². The van der Waals surface area contributed by atoms with Gasteiger partial charge in [0.2, 0.25) is 0 Å². The minimum Gasteiger partial charge on any atom is -0.478 e. The van der Waals surface area contributed by atoms with Crippen LogP contribution in [0.3, 0.4) is 0 Å². The molecule has 2 aromatic heterocycles. The molecule has 0 spiro atoms. The summed E-state index contributed by atoms with van der Waals surface area (Å²) in [5, 5.41) is 8.74. The van der Waals surface area contributed by atoms with Crippen LogP contribution in [0.4, 0.5) is 0 Å². The number of aromatic carboxylic acids is 1. The van der Waals surface area contributed by atoms with E-state index in [1.807, 2.05) is 0 Å². The number of hydrogen-bond acceptors (Lipinski definition) is 4. The standard InChI is InChI=1S/C12H11N3O4/c1-14-4-5-15(11(17)10(14)16)7-9-3-2-8(6-13-9)12(18)19/h2-6H,7H2,1H3,(H,18,19). The SMILES string of the molecule is Cn1ccn(Cc2ccc(C(=O)O)cn2)c(=O)c1=O. The van der Waals surface area contributed by atoms with Crippen molar-refractivity contribution in [2.24, 2.45) is 7.05 Å². The summed E-state index contributed by atoms with van der Waals surface area (Å²) < 4.78 is 2.42. The molecule has 2 aromatic rings. The quantitative estimate of drug-likeness (QED) is 0.765. The van der Waals surface area contributed by atoms with Crippen molar-refractivity contribution in [1.82, 2.24) is 14.1 Å². The van der Waals surface area contributed by atoms with E-state index >= 15 is 0 Å². The Kier molecular flexibility index (Phi) is 3.28. The zero-order valence-electron chi connectivity index (χ0n) is 10.1. The third-order valence-corrected chi connectivity index (χ3v) is 2.64. The van der Waals surface area contributed by atoms with Gasteiger partial charge in [0.05, 0.1) is 17.8 Å². The molecule has 1 N–H and O–H groups in total. The first-order valence-electron chi connectivity index (χ1n) is 5.43. The van der Waals surface area contributed by atoms with Crippen molar-refractivity contribution < 1.29 is 9.90 Å². The van der Waals surface area contributed by atoms with E-state index in [4.69, 9.17) is 5.11 Å². The van der Waals surface area contributed by atoms with Crippen molar-refractivity contribution in [2.45, 2.75) is 6.54 Å². The van der Waals surface area contributed by atoms with Gasteiger partial charge in [-0.2, -0.15) is 0 Å². The van der Waals surface area contributed by atoms with Crippen molar-refractivity contribution in [3.63, 3.8) is 0 Å². The maximum atomic E-state index is 11.7. The van der Waals surface area contributed by atoms with E-state index in [0.717, 1.165) is 0 Å². The molecule has 0 aliphatic heterocycles. The Labute approximate surface area is 107 Å². The van der Waals surface area contributed by atoms with Gasteiger partial charge < -0.3 is 14.2 Å². The van der Waals surface area contributed by atoms with E-state index in [1.54, 1.807) is 0 Å². The number of pyridine rings is 1. The van der Waals surface area contributed by atoms with Crippen molar-refractivity contribution in [1.29, 1.82) is 0 Å². The van der Waals surface area contributed by atoms with Crippen LogP contribution in [0.5, 0.6) is 0 Å². The van der Waals surface area contributed by atoms with E-state index in [0.29, 0.717) is 5.69 Å². The lowest BCUT2D eigenvalue weighted by Crippen LogP contribution is -2.39. The molecule has 0 fully saturated rings. The predicted molar refractivity (Wildman–Crippen MR) is 66.2 cm³/mol. The number of aromatic nitrogens is 3. The predicted octanol–water partition coefficient (Wildman–Crippen LogP) is -0.311. The molecule has 0 saturated carbocycles. The van der Waals surface area contributed by atoms with Crippen LogP contribution in [0, 0.1) is 0 Å². The number of rotatable bonds is 3. The van der Waals surface area contributed by atoms with E-state index < -0.39 is 17.1 Å². The van der Waals surface area contributed by atoms with E-state index in [-0.39, 0.29) is 12.1 Å². The molecular weight excluding hydrogens is 250 g/mol. The zero-order chi connectivity index (χ0) is 14.0. The fourth-order valence-electron chi connectivity index (χ4n) is 1.53. The first kappa shape index (κ1) is 12.7. The number of aryl methyl sites for hydroxylation is 1. The molecule has 7 heteroatoms. The second-order valence-corrected chi connectivity index (χ2v) is 3.99. The summed E-state index contributed by atoms with van der Waals surface area (Å²) in [5.41, 5.74) is -0.695. The third kappa shape index (κ3) is 2.59. The molecule has 0 unspecified atom stereocenters. The fourth-order valence-corrected chi connectivity index (χ4v) is 1.53. The monoisotopic (exact) mass is 261 g/mol. The summed E-state index contributed by atoms with van der Waals surface area (Å²) in [4.78, 5) is 37.7. The smallest absolute Gasteiger partial charge is 0.337 e. The van der Waals surface area contributed by atoms with Crippen molar-refractivity contribution >= 4 is 5.97 Å². The molecule has 2 rings (SSSR count). The summed E-state index contributed by atoms with van der Waals surface area (Å²) in [6.07, 6.45) is 4.18. The van der Waals surface area contributed by atoms with Gasteiger partial charge >= 0.3 is 17.1 Å². The Balaban J connectivity index is 2.32. The lowest BCUT2D eigenvalue weighted by molar-refractivity contribution is 0.0696. The molecule has 0 aliphatic carbocycles. The summed E-state index contributed by atoms with van der Waals surface area (Å²) in [6, 6.07) is 2.91. The molecule has 0 atom stereocenters. The lowest BCUT2D eigenvalue weighted by Gasteiger charge is -2.05. The number of nitrogens with zero attached hydrogens (tertiary/aromatic N) is 3. The Morgan fingerprint density at radius 3 is 2.58 bits per heavy atom. The van der Waals surface area contributed by atoms with Crippen molar-refractivity contribution in [3.05, 3.63) is 62.7 Å². The van der Waals surface area contributed by atoms with Gasteiger partial charge in [-0.15, -0.1) is 0 Å². The van der Waals surface area contributed by atoms with E-state index in [2.05, 4.69) is 4.98 Å². The average molecular weight is 261 g/mol. The first-order chi connectivity index (χ1) is 8.99. The summed E-state index contributed by atoms with van der Waals surface area (Å²) in [6.45, 7) is 0.120. The van der Waals surface area contributed by atoms with Crippen molar-refractivity contribution in [2.75, 3.05) is 0 Å². The molecule has 0 radical (unpaired) electrons. The number of carboxylic acid groups (broad SMARTS) is 1. The Hall–Kier alpha value is -2.70. The molecule has 7 nitrogen and oxygen atoms in total. The number of carboxylic acids is 1. The lowest BCUT2D eigenvalue weighted by atomic mass is 10.2. The second-order valence-electron chi connectivity index (χ2n) is 3.99. The van der Waals surface area contributed by atoms with Gasteiger partial charge in [-0.25, -0.2) is 4.79 Å². The van der Waals surface area contributed by atoms with E-state index in [1.165, 1.54) is 46.9 Å². The minimum atomic E-state index is -1.07. The van der Waals surface area contributed by atoms with E-state index in [9.17, 15) is 14.4 Å². The summed E-state index contributed by atoms with van der Waals surface area (Å²) in [5.74, 6) is -1.07.